The van der Waals surface area contributed by atoms with Crippen LogP contribution >= 0.6 is 0 Å². The van der Waals surface area contributed by atoms with Crippen LogP contribution in [0.5, 0.6) is 5.75 Å². The van der Waals surface area contributed by atoms with Crippen LogP contribution in [0.25, 0.3) is 0 Å². The number of rotatable bonds is 7. The van der Waals surface area contributed by atoms with E-state index in [1.54, 1.807) is 24.3 Å². The number of hydrogen-bond acceptors (Lipinski definition) is 5. The molecular formula is C23H29N3O5S. The molecule has 1 atom stereocenters. The average molecular weight is 460 g/mol. The van der Waals surface area contributed by atoms with Crippen LogP contribution in [0.15, 0.2) is 47.4 Å². The number of carbonyl (C=O) groups is 2. The quantitative estimate of drug-likeness (QED) is 0.660. The monoisotopic (exact) mass is 459 g/mol. The van der Waals surface area contributed by atoms with Crippen LogP contribution in [0.3, 0.4) is 0 Å². The van der Waals surface area contributed by atoms with Crippen LogP contribution in [0.4, 0.5) is 5.69 Å². The van der Waals surface area contributed by atoms with Gasteiger partial charge in [-0.2, -0.15) is 4.31 Å². The number of carbonyl (C=O) groups excluding carboxylic acids is 2. The van der Waals surface area contributed by atoms with Crippen molar-refractivity contribution in [1.29, 1.82) is 0 Å². The Morgan fingerprint density at radius 2 is 1.84 bits per heavy atom. The fraction of sp³-hybridized carbons (Fsp3) is 0.391. The average Bonchev–Trinajstić information content (AvgIpc) is 2.79. The Labute approximate surface area is 188 Å². The Kier molecular flexibility index (Phi) is 7.20. The lowest BCUT2D eigenvalue weighted by Crippen LogP contribution is -2.43. The van der Waals surface area contributed by atoms with Crippen LogP contribution in [0, 0.1) is 5.92 Å². The highest BCUT2D eigenvalue weighted by Crippen LogP contribution is 2.32. The summed E-state index contributed by atoms with van der Waals surface area (Å²) in [5.41, 5.74) is 7.00. The molecule has 32 heavy (non-hydrogen) atoms. The van der Waals surface area contributed by atoms with E-state index in [-0.39, 0.29) is 29.0 Å². The van der Waals surface area contributed by atoms with Crippen molar-refractivity contribution >= 4 is 27.5 Å². The molecule has 8 nitrogen and oxygen atoms in total. The molecule has 3 rings (SSSR count). The van der Waals surface area contributed by atoms with Gasteiger partial charge >= 0.3 is 0 Å². The summed E-state index contributed by atoms with van der Waals surface area (Å²) in [5, 5.41) is 2.80. The number of anilines is 1. The largest absolute Gasteiger partial charge is 0.495 e. The van der Waals surface area contributed by atoms with E-state index < -0.39 is 21.8 Å². The van der Waals surface area contributed by atoms with E-state index in [1.165, 1.54) is 23.5 Å². The molecule has 2 amide bonds. The summed E-state index contributed by atoms with van der Waals surface area (Å²) in [5.74, 6) is -0.854. The van der Waals surface area contributed by atoms with Gasteiger partial charge in [0.15, 0.2) is 0 Å². The van der Waals surface area contributed by atoms with Gasteiger partial charge in [0.05, 0.1) is 13.0 Å². The third-order valence-electron chi connectivity index (χ3n) is 5.66. The zero-order chi connectivity index (χ0) is 23.5. The molecule has 2 aromatic carbocycles. The molecule has 1 aliphatic rings. The molecule has 3 N–H and O–H groups in total. The number of piperidine rings is 1. The minimum absolute atomic E-state index is 0.0859. The van der Waals surface area contributed by atoms with Gasteiger partial charge in [0, 0.05) is 24.3 Å². The number of sulfonamides is 1. The lowest BCUT2D eigenvalue weighted by atomic mass is 9.98. The van der Waals surface area contributed by atoms with E-state index in [4.69, 9.17) is 10.5 Å². The van der Waals surface area contributed by atoms with E-state index in [2.05, 4.69) is 5.32 Å². The van der Waals surface area contributed by atoms with Crippen molar-refractivity contribution in [1.82, 2.24) is 4.31 Å². The molecule has 0 unspecified atom stereocenters. The standard InChI is InChI=1S/C23H29N3O5S/c1-15(2)17-8-11-20(31-3)21(13-17)32(29,30)26-12-4-5-18(14-26)23(28)25-19-9-6-16(7-10-19)22(24)27/h6-11,13,15,18H,4-5,12,14H2,1-3H3,(H2,24,27)(H,25,28)/t18-/m1/s1. The first-order chi connectivity index (χ1) is 15.1. The Morgan fingerprint density at radius 1 is 1.16 bits per heavy atom. The number of nitrogens with two attached hydrogens (primary N) is 1. The van der Waals surface area contributed by atoms with Gasteiger partial charge in [0.25, 0.3) is 0 Å². The Hall–Kier alpha value is -2.91. The lowest BCUT2D eigenvalue weighted by Gasteiger charge is -2.31. The first-order valence-corrected chi connectivity index (χ1v) is 12.0. The molecular weight excluding hydrogens is 430 g/mol. The van der Waals surface area contributed by atoms with Gasteiger partial charge in [-0.05, 0) is 60.7 Å². The van der Waals surface area contributed by atoms with Gasteiger partial charge in [-0.3, -0.25) is 9.59 Å². The van der Waals surface area contributed by atoms with Crippen molar-refractivity contribution in [2.24, 2.45) is 11.7 Å². The highest BCUT2D eigenvalue weighted by molar-refractivity contribution is 7.89. The fourth-order valence-electron chi connectivity index (χ4n) is 3.73. The molecule has 0 radical (unpaired) electrons. The number of hydrogen-bond donors (Lipinski definition) is 2. The van der Waals surface area contributed by atoms with Crippen molar-refractivity contribution in [3.05, 3.63) is 53.6 Å². The summed E-state index contributed by atoms with van der Waals surface area (Å²) < 4.78 is 33.6. The smallest absolute Gasteiger partial charge is 0.248 e. The number of primary amides is 1. The molecule has 0 spiro atoms. The Morgan fingerprint density at radius 3 is 2.44 bits per heavy atom. The van der Waals surface area contributed by atoms with E-state index >= 15 is 0 Å². The molecule has 1 saturated heterocycles. The zero-order valence-corrected chi connectivity index (χ0v) is 19.3. The zero-order valence-electron chi connectivity index (χ0n) is 18.5. The van der Waals surface area contributed by atoms with Crippen molar-refractivity contribution in [3.8, 4) is 5.75 Å². The van der Waals surface area contributed by atoms with Crippen molar-refractivity contribution < 1.29 is 22.7 Å². The maximum Gasteiger partial charge on any atom is 0.248 e. The Balaban J connectivity index is 1.78. The van der Waals surface area contributed by atoms with Crippen LogP contribution in [0.1, 0.15) is 48.5 Å². The lowest BCUT2D eigenvalue weighted by molar-refractivity contribution is -0.120. The van der Waals surface area contributed by atoms with Crippen LogP contribution in [-0.2, 0) is 14.8 Å². The summed E-state index contributed by atoms with van der Waals surface area (Å²) in [6.07, 6.45) is 1.16. The molecule has 0 aliphatic carbocycles. The van der Waals surface area contributed by atoms with Gasteiger partial charge in [-0.25, -0.2) is 8.42 Å². The van der Waals surface area contributed by atoms with Crippen LogP contribution < -0.4 is 15.8 Å². The molecule has 0 aromatic heterocycles. The molecule has 1 fully saturated rings. The summed E-state index contributed by atoms with van der Waals surface area (Å²) in [7, 11) is -2.39. The summed E-state index contributed by atoms with van der Waals surface area (Å²) in [6, 6.07) is 11.4. The van der Waals surface area contributed by atoms with Crippen molar-refractivity contribution in [2.75, 3.05) is 25.5 Å². The van der Waals surface area contributed by atoms with E-state index in [9.17, 15) is 18.0 Å². The summed E-state index contributed by atoms with van der Waals surface area (Å²) >= 11 is 0. The van der Waals surface area contributed by atoms with Gasteiger partial charge in [0.2, 0.25) is 21.8 Å². The maximum atomic E-state index is 13.4. The number of nitrogens with one attached hydrogen (secondary N) is 1. The molecule has 1 aliphatic heterocycles. The van der Waals surface area contributed by atoms with Gasteiger partial charge in [-0.15, -0.1) is 0 Å². The summed E-state index contributed by atoms with van der Waals surface area (Å²) in [6.45, 7) is 4.42. The fourth-order valence-corrected chi connectivity index (χ4v) is 5.44. The third-order valence-corrected chi connectivity index (χ3v) is 7.55. The minimum Gasteiger partial charge on any atom is -0.495 e. The molecule has 1 heterocycles. The first-order valence-electron chi connectivity index (χ1n) is 10.5. The minimum atomic E-state index is -3.84. The van der Waals surface area contributed by atoms with Crippen molar-refractivity contribution in [2.45, 2.75) is 37.5 Å². The highest BCUT2D eigenvalue weighted by atomic mass is 32.2. The normalized spacial score (nSPS) is 17.2. The second-order valence-electron chi connectivity index (χ2n) is 8.20. The van der Waals surface area contributed by atoms with Crippen LogP contribution in [0.2, 0.25) is 0 Å². The maximum absolute atomic E-state index is 13.4. The predicted octanol–water partition coefficient (Wildman–Crippen LogP) is 2.96. The number of amides is 2. The predicted molar refractivity (Wildman–Crippen MR) is 122 cm³/mol. The molecule has 9 heteroatoms. The number of methoxy groups -OCH3 is 1. The van der Waals surface area contributed by atoms with E-state index in [0.717, 1.165) is 5.56 Å². The SMILES string of the molecule is COc1ccc(C(C)C)cc1S(=O)(=O)N1CCC[C@@H](C(=O)Nc2ccc(C(N)=O)cc2)C1. The van der Waals surface area contributed by atoms with E-state index in [1.807, 2.05) is 19.9 Å². The number of ether oxygens (including phenoxy) is 1. The van der Waals surface area contributed by atoms with Gasteiger partial charge < -0.3 is 15.8 Å². The second-order valence-corrected chi connectivity index (χ2v) is 10.1. The number of nitrogens with zero attached hydrogens (tertiary/aromatic N) is 1. The molecule has 0 saturated carbocycles. The molecule has 0 bridgehead atoms. The second kappa shape index (κ2) is 9.70. The third kappa shape index (κ3) is 5.11. The Bertz CT molecular complexity index is 1100. The highest BCUT2D eigenvalue weighted by Gasteiger charge is 2.35. The topological polar surface area (TPSA) is 119 Å². The molecule has 172 valence electrons. The van der Waals surface area contributed by atoms with Gasteiger partial charge in [-0.1, -0.05) is 19.9 Å². The van der Waals surface area contributed by atoms with E-state index in [0.29, 0.717) is 30.6 Å². The van der Waals surface area contributed by atoms with Crippen molar-refractivity contribution in [3.63, 3.8) is 0 Å². The summed E-state index contributed by atoms with van der Waals surface area (Å²) in [4.78, 5) is 24.1. The van der Waals surface area contributed by atoms with Crippen LogP contribution in [-0.4, -0.2) is 44.7 Å². The first kappa shape index (κ1) is 23.7. The molecule has 2 aromatic rings. The van der Waals surface area contributed by atoms with Gasteiger partial charge in [0.1, 0.15) is 10.6 Å². The number of benzene rings is 2.